The van der Waals surface area contributed by atoms with Gasteiger partial charge in [-0.25, -0.2) is 0 Å². The molecule has 0 fully saturated rings. The first-order valence-electron chi connectivity index (χ1n) is 28.4. The third kappa shape index (κ3) is 53.7. The van der Waals surface area contributed by atoms with E-state index in [1.54, 1.807) is 0 Å². The lowest BCUT2D eigenvalue weighted by Gasteiger charge is -2.18. The van der Waals surface area contributed by atoms with Crippen LogP contribution in [0.1, 0.15) is 278 Å². The van der Waals surface area contributed by atoms with Gasteiger partial charge >= 0.3 is 17.9 Å². The first-order valence-corrected chi connectivity index (χ1v) is 28.4. The van der Waals surface area contributed by atoms with Crippen LogP contribution in [-0.2, 0) is 28.6 Å². The molecule has 0 saturated heterocycles. The number of carbonyl (C=O) groups is 3. The van der Waals surface area contributed by atoms with Gasteiger partial charge in [0.1, 0.15) is 13.2 Å². The average molecular weight is 936 g/mol. The molecule has 0 aromatic rings. The fraction of sp³-hybridized carbons (Fsp3) is 0.754. The number of ether oxygens (including phenoxy) is 3. The van der Waals surface area contributed by atoms with E-state index >= 15 is 0 Å². The minimum Gasteiger partial charge on any atom is -0.462 e. The van der Waals surface area contributed by atoms with Gasteiger partial charge < -0.3 is 14.2 Å². The Morgan fingerprint density at radius 1 is 0.299 bits per heavy atom. The summed E-state index contributed by atoms with van der Waals surface area (Å²) in [5.74, 6) is -0.926. The van der Waals surface area contributed by atoms with E-state index in [0.717, 1.165) is 103 Å². The van der Waals surface area contributed by atoms with E-state index in [2.05, 4.69) is 93.7 Å². The molecule has 0 aromatic carbocycles. The van der Waals surface area contributed by atoms with Crippen LogP contribution in [0, 0.1) is 0 Å². The fourth-order valence-electron chi connectivity index (χ4n) is 7.87. The summed E-state index contributed by atoms with van der Waals surface area (Å²) in [5, 5.41) is 0. The van der Waals surface area contributed by atoms with E-state index in [4.69, 9.17) is 14.2 Å². The monoisotopic (exact) mass is 935 g/mol. The van der Waals surface area contributed by atoms with Crippen molar-refractivity contribution in [2.75, 3.05) is 13.2 Å². The Morgan fingerprint density at radius 2 is 0.537 bits per heavy atom. The minimum atomic E-state index is -0.793. The second-order valence-electron chi connectivity index (χ2n) is 18.8. The molecule has 0 aromatic heterocycles. The van der Waals surface area contributed by atoms with Gasteiger partial charge in [-0.3, -0.25) is 14.4 Å². The molecule has 0 unspecified atom stereocenters. The summed E-state index contributed by atoms with van der Waals surface area (Å²) in [4.78, 5) is 38.1. The van der Waals surface area contributed by atoms with Crippen LogP contribution in [0.25, 0.3) is 0 Å². The minimum absolute atomic E-state index is 0.0912. The van der Waals surface area contributed by atoms with Crippen molar-refractivity contribution < 1.29 is 28.6 Å². The molecule has 6 nitrogen and oxygen atoms in total. The largest absolute Gasteiger partial charge is 0.462 e. The molecule has 0 aliphatic carbocycles. The number of esters is 3. The third-order valence-electron chi connectivity index (χ3n) is 12.2. The Labute approximate surface area is 414 Å². The van der Waals surface area contributed by atoms with Crippen molar-refractivity contribution >= 4 is 17.9 Å². The lowest BCUT2D eigenvalue weighted by atomic mass is 10.0. The Bertz CT molecular complexity index is 1260. The van der Waals surface area contributed by atoms with Crippen LogP contribution in [0.2, 0.25) is 0 Å². The van der Waals surface area contributed by atoms with Crippen molar-refractivity contribution in [1.29, 1.82) is 0 Å². The van der Waals surface area contributed by atoms with Crippen molar-refractivity contribution in [2.24, 2.45) is 0 Å². The topological polar surface area (TPSA) is 78.9 Å². The van der Waals surface area contributed by atoms with Crippen LogP contribution in [-0.4, -0.2) is 37.2 Å². The van der Waals surface area contributed by atoms with E-state index in [0.29, 0.717) is 19.3 Å². The Balaban J connectivity index is 4.45. The van der Waals surface area contributed by atoms with E-state index in [1.165, 1.54) is 135 Å². The average Bonchev–Trinajstić information content (AvgIpc) is 3.33. The van der Waals surface area contributed by atoms with Gasteiger partial charge in [-0.15, -0.1) is 0 Å². The summed E-state index contributed by atoms with van der Waals surface area (Å²) < 4.78 is 16.8. The van der Waals surface area contributed by atoms with Crippen molar-refractivity contribution in [3.63, 3.8) is 0 Å². The van der Waals surface area contributed by atoms with E-state index in [9.17, 15) is 14.4 Å². The van der Waals surface area contributed by atoms with Gasteiger partial charge in [0, 0.05) is 19.3 Å². The Kier molecular flexibility index (Phi) is 52.8. The molecule has 0 aliphatic heterocycles. The Hall–Kier alpha value is -3.15. The van der Waals surface area contributed by atoms with Gasteiger partial charge in [0.05, 0.1) is 0 Å². The van der Waals surface area contributed by atoms with Crippen molar-refractivity contribution in [2.45, 2.75) is 284 Å². The van der Waals surface area contributed by atoms with Crippen molar-refractivity contribution in [1.82, 2.24) is 0 Å². The number of hydrogen-bond donors (Lipinski definition) is 0. The number of hydrogen-bond acceptors (Lipinski definition) is 6. The molecule has 386 valence electrons. The van der Waals surface area contributed by atoms with Crippen LogP contribution in [0.5, 0.6) is 0 Å². The molecule has 1 atom stereocenters. The smallest absolute Gasteiger partial charge is 0.306 e. The predicted molar refractivity (Wildman–Crippen MR) is 288 cm³/mol. The number of unbranched alkanes of at least 4 members (excludes halogenated alkanes) is 28. The molecule has 0 amide bonds. The maximum absolute atomic E-state index is 12.8. The molecule has 0 rings (SSSR count). The summed E-state index contributed by atoms with van der Waals surface area (Å²) in [6.45, 7) is 6.56. The second kappa shape index (κ2) is 55.4. The van der Waals surface area contributed by atoms with Crippen LogP contribution in [0.3, 0.4) is 0 Å². The van der Waals surface area contributed by atoms with Crippen LogP contribution >= 0.6 is 0 Å². The van der Waals surface area contributed by atoms with Gasteiger partial charge in [0.15, 0.2) is 6.10 Å². The molecule has 0 saturated carbocycles. The van der Waals surface area contributed by atoms with Crippen LogP contribution in [0.15, 0.2) is 72.9 Å². The summed E-state index contributed by atoms with van der Waals surface area (Å²) in [5.41, 5.74) is 0. The lowest BCUT2D eigenvalue weighted by molar-refractivity contribution is -0.167. The van der Waals surface area contributed by atoms with E-state index in [1.807, 2.05) is 0 Å². The van der Waals surface area contributed by atoms with Gasteiger partial charge in [-0.2, -0.15) is 0 Å². The molecule has 0 bridgehead atoms. The standard InChI is InChI=1S/C61H106O6/c1-4-7-10-13-16-19-22-25-28-29-30-31-34-36-39-42-45-48-51-54-60(63)66-57-58(67-61(64)55-52-49-46-43-40-37-33-27-24-21-18-15-12-9-6-3)56-65-59(62)53-50-47-44-41-38-35-32-26-23-20-17-14-11-8-5-2/h16-17,19-20,25-26,28,30-32,36,39,58H,4-15,18,21-24,27,29,33-35,37-38,40-57H2,1-3H3/b19-16-,20-17-,28-25-,31-30-,32-26-,39-36-/t58-/m0/s1. The fourth-order valence-corrected chi connectivity index (χ4v) is 7.87. The first-order chi connectivity index (χ1) is 33.0. The lowest BCUT2D eigenvalue weighted by Crippen LogP contribution is -2.30. The van der Waals surface area contributed by atoms with E-state index in [-0.39, 0.29) is 31.1 Å². The van der Waals surface area contributed by atoms with Gasteiger partial charge in [-0.05, 0) is 96.3 Å². The van der Waals surface area contributed by atoms with Crippen LogP contribution in [0.4, 0.5) is 0 Å². The molecule has 0 N–H and O–H groups in total. The van der Waals surface area contributed by atoms with Gasteiger partial charge in [0.2, 0.25) is 0 Å². The highest BCUT2D eigenvalue weighted by atomic mass is 16.6. The zero-order valence-corrected chi connectivity index (χ0v) is 44.2. The summed E-state index contributed by atoms with van der Waals surface area (Å²) in [6, 6.07) is 0. The first kappa shape index (κ1) is 63.8. The molecule has 0 radical (unpaired) electrons. The molecule has 0 spiro atoms. The normalized spacial score (nSPS) is 12.6. The quantitative estimate of drug-likeness (QED) is 0.0262. The SMILES string of the molecule is CCCCC/C=C\C/C=C\C/C=C\C/C=C\CCCCCC(=O)OC[C@H](COC(=O)CCCCCCC/C=C\C/C=C\CCCCC)OC(=O)CCCCCCCCCCCCCCCCC. The molecular formula is C61H106O6. The predicted octanol–water partition coefficient (Wildman–Crippen LogP) is 19.0. The second-order valence-corrected chi connectivity index (χ2v) is 18.8. The van der Waals surface area contributed by atoms with Gasteiger partial charge in [0.25, 0.3) is 0 Å². The highest BCUT2D eigenvalue weighted by Gasteiger charge is 2.19. The number of allylic oxidation sites excluding steroid dienone is 12. The summed E-state index contributed by atoms with van der Waals surface area (Å²) in [6.07, 6.45) is 70.2. The molecule has 0 aliphatic rings. The van der Waals surface area contributed by atoms with Crippen LogP contribution < -0.4 is 0 Å². The maximum atomic E-state index is 12.8. The van der Waals surface area contributed by atoms with Crippen molar-refractivity contribution in [3.8, 4) is 0 Å². The third-order valence-corrected chi connectivity index (χ3v) is 12.2. The van der Waals surface area contributed by atoms with Gasteiger partial charge in [-0.1, -0.05) is 235 Å². The summed E-state index contributed by atoms with van der Waals surface area (Å²) in [7, 11) is 0. The zero-order valence-electron chi connectivity index (χ0n) is 44.2. The zero-order chi connectivity index (χ0) is 48.6. The maximum Gasteiger partial charge on any atom is 0.306 e. The molecule has 6 heteroatoms. The highest BCUT2D eigenvalue weighted by Crippen LogP contribution is 2.15. The molecule has 0 heterocycles. The highest BCUT2D eigenvalue weighted by molar-refractivity contribution is 5.71. The molecule has 67 heavy (non-hydrogen) atoms. The molecular weight excluding hydrogens is 829 g/mol. The van der Waals surface area contributed by atoms with Crippen molar-refractivity contribution in [3.05, 3.63) is 72.9 Å². The summed E-state index contributed by atoms with van der Waals surface area (Å²) >= 11 is 0. The van der Waals surface area contributed by atoms with E-state index < -0.39 is 6.10 Å². The number of carbonyl (C=O) groups excluding carboxylic acids is 3. The Morgan fingerprint density at radius 3 is 0.881 bits per heavy atom. The number of rotatable bonds is 51.